The summed E-state index contributed by atoms with van der Waals surface area (Å²) in [5.41, 5.74) is 2.48. The molecule has 2 aliphatic heterocycles. The minimum Gasteiger partial charge on any atom is -0.369 e. The Kier molecular flexibility index (Phi) is 7.27. The predicted molar refractivity (Wildman–Crippen MR) is 130 cm³/mol. The zero-order valence-corrected chi connectivity index (χ0v) is 20.1. The Hall–Kier alpha value is -0.741. The number of thioether (sulfide) groups is 2. The van der Waals surface area contributed by atoms with Crippen molar-refractivity contribution in [3.8, 4) is 0 Å². The molecule has 156 valence electrons. The van der Waals surface area contributed by atoms with Crippen LogP contribution < -0.4 is 10.6 Å². The average Bonchev–Trinajstić information content (AvgIpc) is 3.53. The van der Waals surface area contributed by atoms with Gasteiger partial charge in [-0.05, 0) is 89.5 Å². The summed E-state index contributed by atoms with van der Waals surface area (Å²) in [6.07, 6.45) is 17.0. The van der Waals surface area contributed by atoms with Gasteiger partial charge in [0.1, 0.15) is 0 Å². The number of benzene rings is 2. The number of anilines is 2. The van der Waals surface area contributed by atoms with Gasteiger partial charge in [0.25, 0.3) is 0 Å². The van der Waals surface area contributed by atoms with Crippen LogP contribution in [0.4, 0.5) is 11.4 Å². The molecule has 2 fully saturated rings. The summed E-state index contributed by atoms with van der Waals surface area (Å²) in [7, 11) is 0. The van der Waals surface area contributed by atoms with Crippen molar-refractivity contribution in [2.75, 3.05) is 10.6 Å². The molecule has 6 rings (SSSR count). The van der Waals surface area contributed by atoms with Crippen molar-refractivity contribution >= 4 is 34.9 Å². The topological polar surface area (TPSA) is 24.1 Å². The van der Waals surface area contributed by atoms with Crippen LogP contribution in [0.25, 0.3) is 0 Å². The SMILES string of the molecule is CC1([C]2[CH][CH][CH][CH]2)Nc2ccccc2S1.CC1([C]2[CH][CH][CH][CH]2)Nc2ccccc2S1.[Fe+2]. The van der Waals surface area contributed by atoms with Gasteiger partial charge in [-0.2, -0.15) is 0 Å². The maximum atomic E-state index is 3.58. The summed E-state index contributed by atoms with van der Waals surface area (Å²) in [5.74, 6) is 2.67. The Balaban J connectivity index is 0.000000144. The monoisotopic (exact) mass is 484 g/mol. The molecule has 31 heavy (non-hydrogen) atoms. The summed E-state index contributed by atoms with van der Waals surface area (Å²) in [6, 6.07) is 16.9. The average molecular weight is 484 g/mol. The first-order valence-corrected chi connectivity index (χ1v) is 11.8. The van der Waals surface area contributed by atoms with E-state index < -0.39 is 0 Å². The van der Waals surface area contributed by atoms with E-state index >= 15 is 0 Å². The first kappa shape index (κ1) is 23.4. The normalized spacial score (nSPS) is 29.2. The molecule has 2 aromatic rings. The van der Waals surface area contributed by atoms with Gasteiger partial charge in [0.2, 0.25) is 0 Å². The van der Waals surface area contributed by atoms with E-state index in [2.05, 4.69) is 124 Å². The number of hydrogen-bond donors (Lipinski definition) is 2. The second-order valence-electron chi connectivity index (χ2n) is 7.86. The Morgan fingerprint density at radius 1 is 0.581 bits per heavy atom. The van der Waals surface area contributed by atoms with Gasteiger partial charge in [-0.15, -0.1) is 0 Å². The van der Waals surface area contributed by atoms with Crippen LogP contribution in [0.3, 0.4) is 0 Å². The zero-order valence-electron chi connectivity index (χ0n) is 17.4. The second-order valence-corrected chi connectivity index (χ2v) is 10.8. The number of para-hydroxylation sites is 2. The van der Waals surface area contributed by atoms with Crippen LogP contribution in [0, 0.1) is 63.2 Å². The van der Waals surface area contributed by atoms with E-state index in [4.69, 9.17) is 0 Å². The fraction of sp³-hybridized carbons (Fsp3) is 0.154. The van der Waals surface area contributed by atoms with Gasteiger partial charge in [-0.1, -0.05) is 47.8 Å². The summed E-state index contributed by atoms with van der Waals surface area (Å²) in [6.45, 7) is 4.46. The molecule has 0 spiro atoms. The van der Waals surface area contributed by atoms with Crippen LogP contribution in [0.1, 0.15) is 13.8 Å². The summed E-state index contributed by atoms with van der Waals surface area (Å²) in [5, 5.41) is 7.15. The fourth-order valence-electron chi connectivity index (χ4n) is 3.97. The minimum absolute atomic E-state index is 0. The van der Waals surface area contributed by atoms with Crippen molar-refractivity contribution in [1.29, 1.82) is 0 Å². The molecule has 10 radical (unpaired) electrons. The van der Waals surface area contributed by atoms with E-state index in [1.807, 2.05) is 23.5 Å². The Bertz CT molecular complexity index is 767. The van der Waals surface area contributed by atoms with Crippen molar-refractivity contribution in [3.05, 3.63) is 112 Å². The van der Waals surface area contributed by atoms with E-state index in [1.54, 1.807) is 0 Å². The smallest absolute Gasteiger partial charge is 0.369 e. The van der Waals surface area contributed by atoms with E-state index in [-0.39, 0.29) is 26.8 Å². The second kappa shape index (κ2) is 9.63. The summed E-state index contributed by atoms with van der Waals surface area (Å²) >= 11 is 3.77. The Labute approximate surface area is 207 Å². The van der Waals surface area contributed by atoms with Crippen molar-refractivity contribution in [2.45, 2.75) is 33.4 Å². The molecule has 0 amide bonds. The molecule has 2 heterocycles. The summed E-state index contributed by atoms with van der Waals surface area (Å²) < 4.78 is 0. The molecular weight excluding hydrogens is 460 g/mol. The van der Waals surface area contributed by atoms with E-state index in [1.165, 1.54) is 33.0 Å². The van der Waals surface area contributed by atoms with Crippen LogP contribution >= 0.6 is 23.5 Å². The molecule has 2 saturated carbocycles. The number of fused-ring (bicyclic) bond motifs is 2. The first-order chi connectivity index (χ1) is 14.6. The van der Waals surface area contributed by atoms with Crippen LogP contribution in [0.2, 0.25) is 0 Å². The fourth-order valence-corrected chi connectivity index (χ4v) is 6.43. The quantitative estimate of drug-likeness (QED) is 0.466. The van der Waals surface area contributed by atoms with Gasteiger partial charge < -0.3 is 10.6 Å². The van der Waals surface area contributed by atoms with Gasteiger partial charge in [-0.3, -0.25) is 0 Å². The Morgan fingerprint density at radius 3 is 1.29 bits per heavy atom. The molecule has 2 aliphatic carbocycles. The minimum atomic E-state index is -0.00676. The van der Waals surface area contributed by atoms with Crippen LogP contribution in [-0.4, -0.2) is 9.74 Å². The van der Waals surface area contributed by atoms with Crippen molar-refractivity contribution in [1.82, 2.24) is 0 Å². The molecule has 2 atom stereocenters. The number of rotatable bonds is 2. The molecule has 0 saturated heterocycles. The third-order valence-corrected chi connectivity index (χ3v) is 8.22. The van der Waals surface area contributed by atoms with Gasteiger partial charge in [0.05, 0.1) is 9.74 Å². The molecule has 2 N–H and O–H groups in total. The standard InChI is InChI=1S/2C13H12NS.Fe/c2*1-13(10-6-2-3-7-10)14-11-8-4-5-9-12(11)15-13;/h2*2-9,14H,1H3;/q;;+2. The van der Waals surface area contributed by atoms with Crippen molar-refractivity contribution < 1.29 is 17.1 Å². The van der Waals surface area contributed by atoms with E-state index in [0.717, 1.165) is 0 Å². The third-order valence-electron chi connectivity index (χ3n) is 5.58. The first-order valence-electron chi connectivity index (χ1n) is 10.1. The maximum absolute atomic E-state index is 3.58. The maximum Gasteiger partial charge on any atom is 2.00 e. The van der Waals surface area contributed by atoms with Crippen molar-refractivity contribution in [3.63, 3.8) is 0 Å². The number of hydrogen-bond acceptors (Lipinski definition) is 4. The van der Waals surface area contributed by atoms with Gasteiger partial charge in [-0.25, -0.2) is 0 Å². The van der Waals surface area contributed by atoms with Crippen LogP contribution in [0.15, 0.2) is 58.3 Å². The molecule has 5 heteroatoms. The molecular formula is C26H24FeN2S2+2. The number of nitrogens with one attached hydrogen (secondary N) is 2. The van der Waals surface area contributed by atoms with Crippen molar-refractivity contribution in [2.24, 2.45) is 0 Å². The summed E-state index contributed by atoms with van der Waals surface area (Å²) in [4.78, 5) is 2.66. The van der Waals surface area contributed by atoms with Gasteiger partial charge >= 0.3 is 17.1 Å². The van der Waals surface area contributed by atoms with Crippen LogP contribution in [-0.2, 0) is 17.1 Å². The molecule has 4 aliphatic rings. The molecule has 0 bridgehead atoms. The molecule has 2 aromatic carbocycles. The zero-order chi connectivity index (χ0) is 20.6. The van der Waals surface area contributed by atoms with Gasteiger partial charge in [0, 0.05) is 33.0 Å². The van der Waals surface area contributed by atoms with Gasteiger partial charge in [0.15, 0.2) is 0 Å². The molecule has 2 nitrogen and oxygen atoms in total. The van der Waals surface area contributed by atoms with E-state index in [0.29, 0.717) is 0 Å². The third kappa shape index (κ3) is 4.81. The largest absolute Gasteiger partial charge is 2.00 e. The molecule has 2 unspecified atom stereocenters. The van der Waals surface area contributed by atoms with E-state index in [9.17, 15) is 0 Å². The van der Waals surface area contributed by atoms with Crippen LogP contribution in [0.5, 0.6) is 0 Å². The predicted octanol–water partition coefficient (Wildman–Crippen LogP) is 6.65. The molecule has 0 aromatic heterocycles. The Morgan fingerprint density at radius 2 is 0.935 bits per heavy atom.